The number of halogens is 1. The molecule has 1 aromatic rings. The van der Waals surface area contributed by atoms with E-state index in [2.05, 4.69) is 10.3 Å². The minimum absolute atomic E-state index is 0.0296. The zero-order valence-electron chi connectivity index (χ0n) is 10.4. The van der Waals surface area contributed by atoms with Gasteiger partial charge in [0.15, 0.2) is 0 Å². The normalized spacial score (nSPS) is 9.94. The van der Waals surface area contributed by atoms with Gasteiger partial charge in [-0.05, 0) is 12.5 Å². The molecule has 0 aliphatic rings. The molecule has 0 spiro atoms. The number of carbonyl (C=O) groups excluding carboxylic acids is 2. The van der Waals surface area contributed by atoms with E-state index in [0.717, 1.165) is 6.42 Å². The summed E-state index contributed by atoms with van der Waals surface area (Å²) < 4.78 is 0. The van der Waals surface area contributed by atoms with Crippen molar-refractivity contribution in [1.29, 1.82) is 0 Å². The first kappa shape index (κ1) is 14.4. The van der Waals surface area contributed by atoms with Gasteiger partial charge in [0.2, 0.25) is 5.91 Å². The van der Waals surface area contributed by atoms with Crippen LogP contribution in [0.15, 0.2) is 18.5 Å². The van der Waals surface area contributed by atoms with Gasteiger partial charge in [-0.15, -0.1) is 0 Å². The Morgan fingerprint density at radius 2 is 2.22 bits per heavy atom. The molecule has 0 atom stereocenters. The minimum Gasteiger partial charge on any atom is -0.358 e. The van der Waals surface area contributed by atoms with Gasteiger partial charge in [0.05, 0.1) is 17.1 Å². The van der Waals surface area contributed by atoms with Gasteiger partial charge in [-0.3, -0.25) is 14.6 Å². The lowest BCUT2D eigenvalue weighted by Crippen LogP contribution is -2.40. The number of likely N-dealkylation sites (N-methyl/N-ethyl adjacent to an activating group) is 1. The molecule has 0 bridgehead atoms. The smallest absolute Gasteiger partial charge is 0.255 e. The van der Waals surface area contributed by atoms with E-state index in [-0.39, 0.29) is 18.4 Å². The van der Waals surface area contributed by atoms with Crippen molar-refractivity contribution in [3.63, 3.8) is 0 Å². The zero-order valence-corrected chi connectivity index (χ0v) is 11.2. The summed E-state index contributed by atoms with van der Waals surface area (Å²) >= 11 is 5.92. The van der Waals surface area contributed by atoms with E-state index in [9.17, 15) is 9.59 Å². The van der Waals surface area contributed by atoms with E-state index in [1.54, 1.807) is 6.07 Å². The van der Waals surface area contributed by atoms with Crippen LogP contribution in [0, 0.1) is 0 Å². The maximum absolute atomic E-state index is 12.2. The fourth-order valence-electron chi connectivity index (χ4n) is 1.49. The number of nitrogens with zero attached hydrogens (tertiary/aromatic N) is 2. The number of aromatic nitrogens is 1. The van der Waals surface area contributed by atoms with Crippen LogP contribution in [0.1, 0.15) is 23.7 Å². The highest BCUT2D eigenvalue weighted by Crippen LogP contribution is 2.15. The van der Waals surface area contributed by atoms with Crippen molar-refractivity contribution in [3.05, 3.63) is 29.0 Å². The maximum Gasteiger partial charge on any atom is 0.255 e. The first-order valence-electron chi connectivity index (χ1n) is 5.69. The van der Waals surface area contributed by atoms with Gasteiger partial charge in [-0.25, -0.2) is 0 Å². The van der Waals surface area contributed by atoms with Crippen LogP contribution in [0.5, 0.6) is 0 Å². The van der Waals surface area contributed by atoms with Crippen molar-refractivity contribution in [3.8, 4) is 0 Å². The summed E-state index contributed by atoms with van der Waals surface area (Å²) in [5.74, 6) is -0.463. The summed E-state index contributed by atoms with van der Waals surface area (Å²) in [4.78, 5) is 28.9. The van der Waals surface area contributed by atoms with Crippen molar-refractivity contribution < 1.29 is 9.59 Å². The second-order valence-electron chi connectivity index (χ2n) is 3.76. The monoisotopic (exact) mass is 269 g/mol. The van der Waals surface area contributed by atoms with Crippen LogP contribution in [-0.4, -0.2) is 41.8 Å². The molecule has 1 rings (SSSR count). The fraction of sp³-hybridized carbons (Fsp3) is 0.417. The number of hydrogen-bond acceptors (Lipinski definition) is 3. The molecule has 0 unspecified atom stereocenters. The Bertz CT molecular complexity index is 437. The van der Waals surface area contributed by atoms with Gasteiger partial charge in [-0.2, -0.15) is 0 Å². The molecule has 0 radical (unpaired) electrons. The zero-order chi connectivity index (χ0) is 13.5. The first-order chi connectivity index (χ1) is 8.60. The molecule has 1 aromatic heterocycles. The number of rotatable bonds is 5. The number of pyridine rings is 1. The Labute approximate surface area is 111 Å². The van der Waals surface area contributed by atoms with Gasteiger partial charge >= 0.3 is 0 Å². The number of carbonyl (C=O) groups is 2. The first-order valence-corrected chi connectivity index (χ1v) is 6.07. The largest absolute Gasteiger partial charge is 0.358 e. The summed E-state index contributed by atoms with van der Waals surface area (Å²) in [7, 11) is 1.54. The Hall–Kier alpha value is -1.62. The molecule has 0 fully saturated rings. The fourth-order valence-corrected chi connectivity index (χ4v) is 1.69. The van der Waals surface area contributed by atoms with Crippen LogP contribution in [0.4, 0.5) is 0 Å². The van der Waals surface area contributed by atoms with Crippen molar-refractivity contribution in [2.45, 2.75) is 13.3 Å². The summed E-state index contributed by atoms with van der Waals surface area (Å²) in [6.45, 7) is 2.48. The lowest BCUT2D eigenvalue weighted by atomic mass is 10.2. The molecule has 98 valence electrons. The SMILES string of the molecule is CCCN(CC(=O)NC)C(=O)c1ccncc1Cl. The van der Waals surface area contributed by atoms with Crippen molar-refractivity contribution in [1.82, 2.24) is 15.2 Å². The highest BCUT2D eigenvalue weighted by Gasteiger charge is 2.19. The topological polar surface area (TPSA) is 62.3 Å². The molecule has 0 saturated heterocycles. The highest BCUT2D eigenvalue weighted by molar-refractivity contribution is 6.33. The number of nitrogens with one attached hydrogen (secondary N) is 1. The van der Waals surface area contributed by atoms with Crippen molar-refractivity contribution >= 4 is 23.4 Å². The van der Waals surface area contributed by atoms with Gasteiger partial charge in [-0.1, -0.05) is 18.5 Å². The van der Waals surface area contributed by atoms with Crippen LogP contribution in [0.2, 0.25) is 5.02 Å². The van der Waals surface area contributed by atoms with E-state index in [1.165, 1.54) is 24.3 Å². The van der Waals surface area contributed by atoms with E-state index in [0.29, 0.717) is 17.1 Å². The Morgan fingerprint density at radius 1 is 1.50 bits per heavy atom. The molecular weight excluding hydrogens is 254 g/mol. The molecule has 0 aromatic carbocycles. The van der Waals surface area contributed by atoms with Gasteiger partial charge in [0, 0.05) is 26.0 Å². The van der Waals surface area contributed by atoms with Crippen LogP contribution in [-0.2, 0) is 4.79 Å². The van der Waals surface area contributed by atoms with E-state index >= 15 is 0 Å². The molecule has 0 aliphatic carbocycles. The Morgan fingerprint density at radius 3 is 2.78 bits per heavy atom. The molecule has 1 heterocycles. The minimum atomic E-state index is -0.257. The average molecular weight is 270 g/mol. The van der Waals surface area contributed by atoms with Crippen LogP contribution in [0.3, 0.4) is 0 Å². The molecule has 0 saturated carbocycles. The molecule has 6 heteroatoms. The number of amides is 2. The van der Waals surface area contributed by atoms with Crippen molar-refractivity contribution in [2.75, 3.05) is 20.1 Å². The Kier molecular flexibility index (Phi) is 5.58. The van der Waals surface area contributed by atoms with Crippen molar-refractivity contribution in [2.24, 2.45) is 0 Å². The summed E-state index contributed by atoms with van der Waals surface area (Å²) in [5.41, 5.74) is 0.365. The maximum atomic E-state index is 12.2. The van der Waals surface area contributed by atoms with E-state index < -0.39 is 0 Å². The van der Waals surface area contributed by atoms with Gasteiger partial charge < -0.3 is 10.2 Å². The molecular formula is C12H16ClN3O2. The van der Waals surface area contributed by atoms with E-state index in [4.69, 9.17) is 11.6 Å². The molecule has 18 heavy (non-hydrogen) atoms. The predicted molar refractivity (Wildman–Crippen MR) is 69.5 cm³/mol. The molecule has 0 aliphatic heterocycles. The molecule has 2 amide bonds. The van der Waals surface area contributed by atoms with Crippen LogP contribution >= 0.6 is 11.6 Å². The highest BCUT2D eigenvalue weighted by atomic mass is 35.5. The van der Waals surface area contributed by atoms with Gasteiger partial charge in [0.25, 0.3) is 5.91 Å². The second-order valence-corrected chi connectivity index (χ2v) is 4.16. The second kappa shape index (κ2) is 6.96. The lowest BCUT2D eigenvalue weighted by molar-refractivity contribution is -0.121. The number of hydrogen-bond donors (Lipinski definition) is 1. The summed E-state index contributed by atoms with van der Waals surface area (Å²) in [6.07, 6.45) is 3.69. The standard InChI is InChI=1S/C12H16ClN3O2/c1-3-6-16(8-11(17)14-2)12(18)9-4-5-15-7-10(9)13/h4-5,7H,3,6,8H2,1-2H3,(H,14,17). The summed E-state index contributed by atoms with van der Waals surface area (Å²) in [6, 6.07) is 1.55. The quantitative estimate of drug-likeness (QED) is 0.877. The van der Waals surface area contributed by atoms with Crippen LogP contribution in [0.25, 0.3) is 0 Å². The predicted octanol–water partition coefficient (Wildman–Crippen LogP) is 1.33. The average Bonchev–Trinajstić information content (AvgIpc) is 2.38. The third-order valence-corrected chi connectivity index (χ3v) is 2.70. The van der Waals surface area contributed by atoms with Crippen LogP contribution < -0.4 is 5.32 Å². The lowest BCUT2D eigenvalue weighted by Gasteiger charge is -2.21. The third kappa shape index (κ3) is 3.70. The van der Waals surface area contributed by atoms with E-state index in [1.807, 2.05) is 6.92 Å². The van der Waals surface area contributed by atoms with Gasteiger partial charge in [0.1, 0.15) is 0 Å². The molecule has 5 nitrogen and oxygen atoms in total. The molecule has 1 N–H and O–H groups in total. The third-order valence-electron chi connectivity index (χ3n) is 2.40. The summed E-state index contributed by atoms with van der Waals surface area (Å²) in [5, 5.41) is 2.79. The Balaban J connectivity index is 2.89.